The monoisotopic (exact) mass is 446 g/mol. The Hall–Kier alpha value is -4.39. The van der Waals surface area contributed by atoms with Crippen LogP contribution in [0.1, 0.15) is 29.8 Å². The lowest BCUT2D eigenvalue weighted by Crippen LogP contribution is -2.11. The molecule has 0 amide bonds. The highest BCUT2D eigenvalue weighted by Gasteiger charge is 2.16. The van der Waals surface area contributed by atoms with Crippen LogP contribution in [0.3, 0.4) is 0 Å². The summed E-state index contributed by atoms with van der Waals surface area (Å²) in [4.78, 5) is 35.8. The van der Waals surface area contributed by atoms with Gasteiger partial charge < -0.3 is 18.6 Å². The van der Waals surface area contributed by atoms with E-state index >= 15 is 0 Å². The second-order valence-electron chi connectivity index (χ2n) is 7.35. The summed E-state index contributed by atoms with van der Waals surface area (Å²) < 4.78 is 21.3. The Morgan fingerprint density at radius 1 is 0.758 bits per heavy atom. The lowest BCUT2D eigenvalue weighted by Gasteiger charge is -2.08. The van der Waals surface area contributed by atoms with E-state index in [2.05, 4.69) is 13.2 Å². The minimum Gasteiger partial charge on any atom is -0.425 e. The second-order valence-corrected chi connectivity index (χ2v) is 7.35. The van der Waals surface area contributed by atoms with E-state index in [1.165, 1.54) is 18.2 Å². The fraction of sp³-hybridized carbons (Fsp3) is 0.115. The molecule has 3 rings (SSSR count). The maximum Gasteiger partial charge on any atom is 0.346 e. The largest absolute Gasteiger partial charge is 0.425 e. The summed E-state index contributed by atoms with van der Waals surface area (Å²) in [6.45, 7) is 11.9. The molecular weight excluding hydrogens is 424 g/mol. The number of hydrogen-bond acceptors (Lipinski definition) is 7. The molecule has 3 aromatic rings. The summed E-state index contributed by atoms with van der Waals surface area (Å²) in [5, 5.41) is 0. The fourth-order valence-corrected chi connectivity index (χ4v) is 2.68. The van der Waals surface area contributed by atoms with Crippen molar-refractivity contribution in [1.82, 2.24) is 0 Å². The first-order chi connectivity index (χ1) is 15.6. The van der Waals surface area contributed by atoms with Crippen molar-refractivity contribution in [3.05, 3.63) is 90.0 Å². The summed E-state index contributed by atoms with van der Waals surface area (Å²) in [6.07, 6.45) is 0. The third kappa shape index (κ3) is 5.86. The van der Waals surface area contributed by atoms with Crippen molar-refractivity contribution >= 4 is 17.9 Å². The number of furan rings is 1. The van der Waals surface area contributed by atoms with Gasteiger partial charge in [-0.25, -0.2) is 14.4 Å². The molecule has 0 bridgehead atoms. The molecular formula is C26H22O7. The van der Waals surface area contributed by atoms with Crippen LogP contribution >= 0.6 is 0 Å². The molecule has 0 atom stereocenters. The van der Waals surface area contributed by atoms with E-state index in [1.54, 1.807) is 57.2 Å². The summed E-state index contributed by atoms with van der Waals surface area (Å²) in [7, 11) is 0. The summed E-state index contributed by atoms with van der Waals surface area (Å²) in [6, 6.07) is 14.4. The number of rotatable bonds is 7. The molecule has 0 N–H and O–H groups in total. The second kappa shape index (κ2) is 9.82. The van der Waals surface area contributed by atoms with Gasteiger partial charge in [-0.05, 0) is 74.9 Å². The van der Waals surface area contributed by atoms with Gasteiger partial charge in [-0.1, -0.05) is 13.2 Å². The summed E-state index contributed by atoms with van der Waals surface area (Å²) >= 11 is 0. The van der Waals surface area contributed by atoms with Crippen molar-refractivity contribution in [2.45, 2.75) is 20.8 Å². The first-order valence-electron chi connectivity index (χ1n) is 9.92. The Labute approximate surface area is 190 Å². The number of hydrogen-bond donors (Lipinski definition) is 0. The molecule has 7 heteroatoms. The molecule has 0 unspecified atom stereocenters. The highest BCUT2D eigenvalue weighted by Crippen LogP contribution is 2.29. The molecule has 0 aliphatic heterocycles. The Kier molecular flexibility index (Phi) is 6.93. The van der Waals surface area contributed by atoms with Crippen molar-refractivity contribution in [3.8, 4) is 28.8 Å². The Morgan fingerprint density at radius 2 is 1.33 bits per heavy atom. The van der Waals surface area contributed by atoms with Gasteiger partial charge in [0.15, 0.2) is 0 Å². The van der Waals surface area contributed by atoms with Crippen LogP contribution in [-0.4, -0.2) is 17.9 Å². The van der Waals surface area contributed by atoms with Gasteiger partial charge >= 0.3 is 17.9 Å². The van der Waals surface area contributed by atoms with Crippen molar-refractivity contribution in [2.75, 3.05) is 0 Å². The molecule has 1 aromatic heterocycles. The van der Waals surface area contributed by atoms with Gasteiger partial charge in [0, 0.05) is 22.8 Å². The molecule has 0 radical (unpaired) electrons. The van der Waals surface area contributed by atoms with Crippen LogP contribution in [0.15, 0.2) is 83.3 Å². The highest BCUT2D eigenvalue weighted by atomic mass is 16.6. The van der Waals surface area contributed by atoms with Crippen LogP contribution in [0, 0.1) is 6.92 Å². The van der Waals surface area contributed by atoms with Gasteiger partial charge in [-0.15, -0.1) is 0 Å². The normalized spacial score (nSPS) is 10.3. The number of benzene rings is 2. The predicted octanol–water partition coefficient (Wildman–Crippen LogP) is 5.44. The third-order valence-electron chi connectivity index (χ3n) is 4.45. The first-order valence-corrected chi connectivity index (χ1v) is 9.92. The van der Waals surface area contributed by atoms with Gasteiger partial charge in [0.1, 0.15) is 17.3 Å². The molecule has 33 heavy (non-hydrogen) atoms. The van der Waals surface area contributed by atoms with Crippen molar-refractivity contribution < 1.29 is 33.0 Å². The summed E-state index contributed by atoms with van der Waals surface area (Å²) in [5.74, 6) is -0.512. The maximum atomic E-state index is 12.6. The lowest BCUT2D eigenvalue weighted by atomic mass is 10.1. The molecule has 0 saturated heterocycles. The zero-order valence-corrected chi connectivity index (χ0v) is 18.5. The fourth-order valence-electron chi connectivity index (χ4n) is 2.68. The Morgan fingerprint density at radius 3 is 1.91 bits per heavy atom. The number of carbonyl (C=O) groups is 3. The number of aryl methyl sites for hydroxylation is 1. The van der Waals surface area contributed by atoms with Crippen molar-refractivity contribution in [1.29, 1.82) is 0 Å². The number of ether oxygens (including phenoxy) is 3. The zero-order chi connectivity index (χ0) is 24.1. The summed E-state index contributed by atoms with van der Waals surface area (Å²) in [5.41, 5.74) is 2.14. The Bertz CT molecular complexity index is 1250. The topological polar surface area (TPSA) is 92.0 Å². The van der Waals surface area contributed by atoms with E-state index in [0.717, 1.165) is 0 Å². The minimum atomic E-state index is -0.617. The van der Waals surface area contributed by atoms with Crippen LogP contribution in [0.4, 0.5) is 0 Å². The van der Waals surface area contributed by atoms with Crippen LogP contribution in [0.5, 0.6) is 17.4 Å². The van der Waals surface area contributed by atoms with E-state index in [1.807, 2.05) is 0 Å². The van der Waals surface area contributed by atoms with Crippen molar-refractivity contribution in [2.24, 2.45) is 0 Å². The molecule has 7 nitrogen and oxygen atoms in total. The average molecular weight is 446 g/mol. The molecule has 0 aliphatic carbocycles. The standard InChI is InChI=1S/C26H22O7/c1-15(2)24(27)30-19-8-6-18(7-9-19)22-12-13-23(32-22)33-26(29)21-11-10-20(14-17(21)5)31-25(28)16(3)4/h6-14H,1,3H2,2,4-5H3. The molecule has 0 saturated carbocycles. The van der Waals surface area contributed by atoms with Gasteiger partial charge in [-0.3, -0.25) is 0 Å². The molecule has 168 valence electrons. The minimum absolute atomic E-state index is 0.0185. The molecule has 2 aromatic carbocycles. The number of carbonyl (C=O) groups excluding carboxylic acids is 3. The van der Waals surface area contributed by atoms with Gasteiger partial charge in [0.2, 0.25) is 0 Å². The van der Waals surface area contributed by atoms with E-state index in [9.17, 15) is 14.4 Å². The molecule has 0 aliphatic rings. The molecule has 1 heterocycles. The molecule has 0 spiro atoms. The maximum absolute atomic E-state index is 12.6. The van der Waals surface area contributed by atoms with E-state index < -0.39 is 17.9 Å². The zero-order valence-electron chi connectivity index (χ0n) is 18.5. The van der Waals surface area contributed by atoms with Crippen LogP contribution < -0.4 is 14.2 Å². The lowest BCUT2D eigenvalue weighted by molar-refractivity contribution is -0.130. The van der Waals surface area contributed by atoms with E-state index in [4.69, 9.17) is 18.6 Å². The average Bonchev–Trinajstić information content (AvgIpc) is 3.22. The SMILES string of the molecule is C=C(C)C(=O)Oc1ccc(-c2ccc(OC(=O)c3ccc(OC(=O)C(=C)C)cc3C)o2)cc1. The van der Waals surface area contributed by atoms with Crippen LogP contribution in [-0.2, 0) is 9.59 Å². The van der Waals surface area contributed by atoms with E-state index in [0.29, 0.717) is 39.5 Å². The van der Waals surface area contributed by atoms with Gasteiger partial charge in [-0.2, -0.15) is 0 Å². The highest BCUT2D eigenvalue weighted by molar-refractivity contribution is 5.93. The first kappa shape index (κ1) is 23.3. The molecule has 0 fully saturated rings. The van der Waals surface area contributed by atoms with Gasteiger partial charge in [0.05, 0.1) is 5.56 Å². The number of esters is 3. The quantitative estimate of drug-likeness (QED) is 0.271. The van der Waals surface area contributed by atoms with Crippen molar-refractivity contribution in [3.63, 3.8) is 0 Å². The van der Waals surface area contributed by atoms with Crippen LogP contribution in [0.2, 0.25) is 0 Å². The van der Waals surface area contributed by atoms with Crippen LogP contribution in [0.25, 0.3) is 11.3 Å². The van der Waals surface area contributed by atoms with Gasteiger partial charge in [0.25, 0.3) is 5.95 Å². The third-order valence-corrected chi connectivity index (χ3v) is 4.45. The Balaban J connectivity index is 1.67. The smallest absolute Gasteiger partial charge is 0.346 e. The predicted molar refractivity (Wildman–Crippen MR) is 121 cm³/mol. The van der Waals surface area contributed by atoms with E-state index in [-0.39, 0.29) is 11.5 Å².